The summed E-state index contributed by atoms with van der Waals surface area (Å²) in [5.74, 6) is -0.505. The van der Waals surface area contributed by atoms with Gasteiger partial charge in [-0.3, -0.25) is 14.4 Å². The summed E-state index contributed by atoms with van der Waals surface area (Å²) in [4.78, 5) is 14.4. The van der Waals surface area contributed by atoms with Gasteiger partial charge < -0.3 is 4.74 Å². The molecule has 0 aromatic heterocycles. The highest BCUT2D eigenvalue weighted by atomic mass is 35.5. The third kappa shape index (κ3) is 5.51. The van der Waals surface area contributed by atoms with Gasteiger partial charge in [0, 0.05) is 30.4 Å². The van der Waals surface area contributed by atoms with Crippen molar-refractivity contribution in [3.63, 3.8) is 0 Å². The number of nitrogens with zero attached hydrogens (tertiary/aromatic N) is 1. The molecule has 1 heterocycles. The van der Waals surface area contributed by atoms with Crippen molar-refractivity contribution in [2.45, 2.75) is 44.2 Å². The van der Waals surface area contributed by atoms with Crippen LogP contribution in [0.3, 0.4) is 0 Å². The summed E-state index contributed by atoms with van der Waals surface area (Å²) in [5.41, 5.74) is 1.84. The molecule has 166 valence electrons. The Morgan fingerprint density at radius 3 is 2.77 bits per heavy atom. The largest absolute Gasteiger partial charge is 0.489 e. The number of hydrogen-bond donors (Lipinski definition) is 1. The van der Waals surface area contributed by atoms with Crippen LogP contribution in [0.25, 0.3) is 0 Å². The lowest BCUT2D eigenvalue weighted by Gasteiger charge is -2.33. The molecule has 31 heavy (non-hydrogen) atoms. The van der Waals surface area contributed by atoms with Gasteiger partial charge in [0.15, 0.2) is 0 Å². The molecule has 2 aromatic rings. The molecule has 1 aliphatic heterocycles. The first-order valence-corrected chi connectivity index (χ1v) is 12.0. The average molecular weight is 467 g/mol. The number of ether oxygens (including phenoxy) is 1. The molecular weight excluding hydrogens is 442 g/mol. The molecule has 1 atom stereocenters. The van der Waals surface area contributed by atoms with Crippen LogP contribution < -0.4 is 9.46 Å². The maximum Gasteiger partial charge on any atom is 0.264 e. The maximum absolute atomic E-state index is 14.7. The number of carbonyl (C=O) groups is 1. The quantitative estimate of drug-likeness (QED) is 0.543. The fourth-order valence-corrected chi connectivity index (χ4v) is 4.55. The Morgan fingerprint density at radius 1 is 1.26 bits per heavy atom. The fraction of sp³-hybridized carbons (Fsp3) is 0.435. The highest BCUT2D eigenvalue weighted by molar-refractivity contribution is 7.97. The van der Waals surface area contributed by atoms with Crippen molar-refractivity contribution in [1.82, 2.24) is 9.62 Å². The number of benzene rings is 2. The first-order chi connectivity index (χ1) is 14.9. The minimum absolute atomic E-state index is 0.0554. The summed E-state index contributed by atoms with van der Waals surface area (Å²) >= 11 is 7.33. The van der Waals surface area contributed by atoms with Crippen LogP contribution in [-0.4, -0.2) is 36.3 Å². The van der Waals surface area contributed by atoms with Gasteiger partial charge in [-0.25, -0.2) is 8.78 Å². The average Bonchev–Trinajstić information content (AvgIpc) is 3.56. The summed E-state index contributed by atoms with van der Waals surface area (Å²) < 4.78 is 36.8. The zero-order valence-electron chi connectivity index (χ0n) is 17.3. The minimum Gasteiger partial charge on any atom is -0.489 e. The predicted octanol–water partition coefficient (Wildman–Crippen LogP) is 5.55. The zero-order chi connectivity index (χ0) is 22.0. The van der Waals surface area contributed by atoms with E-state index in [1.807, 2.05) is 0 Å². The van der Waals surface area contributed by atoms with Crippen LogP contribution in [-0.2, 0) is 6.54 Å². The van der Waals surface area contributed by atoms with E-state index in [4.69, 9.17) is 16.3 Å². The summed E-state index contributed by atoms with van der Waals surface area (Å²) in [6.07, 6.45) is 5.49. The van der Waals surface area contributed by atoms with Crippen LogP contribution in [0.5, 0.6) is 5.75 Å². The molecule has 0 bridgehead atoms. The van der Waals surface area contributed by atoms with Gasteiger partial charge in [-0.2, -0.15) is 0 Å². The number of nitrogens with one attached hydrogen (secondary N) is 1. The molecule has 0 spiro atoms. The van der Waals surface area contributed by atoms with Gasteiger partial charge in [-0.15, -0.1) is 0 Å². The van der Waals surface area contributed by atoms with Gasteiger partial charge in [0.1, 0.15) is 23.5 Å². The van der Waals surface area contributed by atoms with E-state index in [2.05, 4.69) is 9.62 Å². The topological polar surface area (TPSA) is 41.6 Å². The van der Waals surface area contributed by atoms with Gasteiger partial charge in [0.2, 0.25) is 0 Å². The Balaban J connectivity index is 1.48. The Bertz CT molecular complexity index is 971. The molecule has 2 aliphatic rings. The summed E-state index contributed by atoms with van der Waals surface area (Å²) in [6.45, 7) is 2.18. The van der Waals surface area contributed by atoms with Crippen molar-refractivity contribution in [2.75, 3.05) is 19.3 Å². The van der Waals surface area contributed by atoms with Crippen molar-refractivity contribution < 1.29 is 18.3 Å². The lowest BCUT2D eigenvalue weighted by molar-refractivity contribution is 0.0832. The first-order valence-electron chi connectivity index (χ1n) is 10.4. The van der Waals surface area contributed by atoms with Gasteiger partial charge in [0.05, 0.1) is 5.56 Å². The maximum atomic E-state index is 14.7. The van der Waals surface area contributed by atoms with Crippen molar-refractivity contribution >= 4 is 29.5 Å². The molecule has 2 aromatic carbocycles. The number of hydrogen-bond acceptors (Lipinski definition) is 4. The third-order valence-corrected chi connectivity index (χ3v) is 6.46. The van der Waals surface area contributed by atoms with Gasteiger partial charge in [-0.05, 0) is 67.5 Å². The number of rotatable bonds is 7. The Hall–Kier alpha value is -1.83. The van der Waals surface area contributed by atoms with Crippen LogP contribution in [0.15, 0.2) is 30.3 Å². The normalized spacial score (nSPS) is 19.3. The number of amides is 1. The number of likely N-dealkylation sites (tertiary alicyclic amines) is 1. The summed E-state index contributed by atoms with van der Waals surface area (Å²) in [6, 6.07) is 7.46. The number of piperidine rings is 1. The zero-order valence-corrected chi connectivity index (χ0v) is 18.9. The second-order valence-corrected chi connectivity index (χ2v) is 9.15. The molecule has 1 unspecified atom stereocenters. The summed E-state index contributed by atoms with van der Waals surface area (Å²) in [5, 5.41) is 0.417. The van der Waals surface area contributed by atoms with Gasteiger partial charge >= 0.3 is 0 Å². The van der Waals surface area contributed by atoms with E-state index in [1.165, 1.54) is 18.2 Å². The highest BCUT2D eigenvalue weighted by Crippen LogP contribution is 2.45. The van der Waals surface area contributed by atoms with Crippen LogP contribution in [0.1, 0.15) is 53.1 Å². The van der Waals surface area contributed by atoms with Gasteiger partial charge in [-0.1, -0.05) is 29.6 Å². The molecule has 4 nitrogen and oxygen atoms in total. The van der Waals surface area contributed by atoms with Crippen molar-refractivity contribution in [2.24, 2.45) is 0 Å². The van der Waals surface area contributed by atoms with Crippen molar-refractivity contribution in [3.8, 4) is 5.75 Å². The second kappa shape index (κ2) is 9.76. The van der Waals surface area contributed by atoms with E-state index in [9.17, 15) is 13.6 Å². The van der Waals surface area contributed by atoms with E-state index in [0.29, 0.717) is 29.8 Å². The first kappa shape index (κ1) is 22.4. The predicted molar refractivity (Wildman–Crippen MR) is 120 cm³/mol. The lowest BCUT2D eigenvalue weighted by Crippen LogP contribution is -2.40. The van der Waals surface area contributed by atoms with Crippen molar-refractivity contribution in [1.29, 1.82) is 0 Å². The molecular formula is C23H25ClF2N2O2S. The Labute approximate surface area is 190 Å². The second-order valence-electron chi connectivity index (χ2n) is 8.13. The van der Waals surface area contributed by atoms with Crippen LogP contribution in [0.4, 0.5) is 8.78 Å². The van der Waals surface area contributed by atoms with E-state index in [0.717, 1.165) is 55.3 Å². The standard InChI is InChI=1S/C23H25ClF2N2O2S/c1-31-27-23(29)19-10-18(14-4-5-14)22(11-21(19)26)30-17-3-2-8-28(13-17)12-15-6-7-16(25)9-20(15)24/h6-7,9-11,14,17H,2-5,8,12-13H2,1H3,(H,27,29). The number of halogens is 3. The van der Waals surface area contributed by atoms with Gasteiger partial charge in [0.25, 0.3) is 5.91 Å². The molecule has 0 radical (unpaired) electrons. The fourth-order valence-electron chi connectivity index (χ4n) is 4.03. The van der Waals surface area contributed by atoms with Crippen molar-refractivity contribution in [3.05, 3.63) is 63.7 Å². The van der Waals surface area contributed by atoms with E-state index in [1.54, 1.807) is 18.4 Å². The number of carbonyl (C=O) groups excluding carboxylic acids is 1. The molecule has 1 N–H and O–H groups in total. The molecule has 1 aliphatic carbocycles. The minimum atomic E-state index is -0.572. The van der Waals surface area contributed by atoms with E-state index in [-0.39, 0.29) is 17.5 Å². The lowest BCUT2D eigenvalue weighted by atomic mass is 10.0. The van der Waals surface area contributed by atoms with E-state index >= 15 is 0 Å². The van der Waals surface area contributed by atoms with Crippen LogP contribution in [0, 0.1) is 11.6 Å². The smallest absolute Gasteiger partial charge is 0.264 e. The van der Waals surface area contributed by atoms with Crippen LogP contribution in [0.2, 0.25) is 5.02 Å². The molecule has 1 saturated carbocycles. The molecule has 8 heteroatoms. The molecule has 2 fully saturated rings. The van der Waals surface area contributed by atoms with Crippen LogP contribution >= 0.6 is 23.5 Å². The third-order valence-electron chi connectivity index (χ3n) is 5.72. The molecule has 1 amide bonds. The molecule has 4 rings (SSSR count). The van der Waals surface area contributed by atoms with E-state index < -0.39 is 11.7 Å². The Kier molecular flexibility index (Phi) is 7.04. The monoisotopic (exact) mass is 466 g/mol. The highest BCUT2D eigenvalue weighted by Gasteiger charge is 2.31. The Morgan fingerprint density at radius 2 is 2.06 bits per heavy atom. The summed E-state index contributed by atoms with van der Waals surface area (Å²) in [7, 11) is 0. The SMILES string of the molecule is CSNC(=O)c1cc(C2CC2)c(OC2CCCN(Cc3ccc(F)cc3Cl)C2)cc1F. The molecule has 1 saturated heterocycles.